The summed E-state index contributed by atoms with van der Waals surface area (Å²) in [7, 11) is 0. The lowest BCUT2D eigenvalue weighted by atomic mass is 10.1. The van der Waals surface area contributed by atoms with Gasteiger partial charge in [0.2, 0.25) is 0 Å². The van der Waals surface area contributed by atoms with Gasteiger partial charge in [-0.25, -0.2) is 0 Å². The number of pyridine rings is 1. The largest absolute Gasteiger partial charge is 0.277 e. The molecule has 1 aromatic carbocycles. The maximum absolute atomic E-state index is 10.6. The van der Waals surface area contributed by atoms with Crippen molar-refractivity contribution >= 4 is 11.5 Å². The number of benzene rings is 1. The number of aliphatic imine (C=N–C) groups is 1. The number of amidine groups is 1. The Bertz CT molecular complexity index is 705. The van der Waals surface area contributed by atoms with E-state index in [1.54, 1.807) is 30.6 Å². The first-order valence-electron chi connectivity index (χ1n) is 6.54. The molecular formula is C15H13N5O2. The Hall–Kier alpha value is -3.27. The standard InChI is InChI=1S/C15H13N5O2/c16-11-19-15(13-2-1-8-17-10-13)18-9-7-12-3-5-14(6-4-12)20(21)22/h1-6,8,10H,7,9H2,(H,18,19). The molecule has 0 saturated heterocycles. The number of nitro groups is 1. The van der Waals surface area contributed by atoms with Crippen molar-refractivity contribution in [2.75, 3.05) is 6.54 Å². The zero-order valence-electron chi connectivity index (χ0n) is 11.6. The molecule has 0 aliphatic carbocycles. The van der Waals surface area contributed by atoms with E-state index in [4.69, 9.17) is 5.26 Å². The Balaban J connectivity index is 2.03. The van der Waals surface area contributed by atoms with Gasteiger partial charge >= 0.3 is 0 Å². The quantitative estimate of drug-likeness (QED) is 0.227. The van der Waals surface area contributed by atoms with Gasteiger partial charge in [-0.05, 0) is 24.1 Å². The molecule has 22 heavy (non-hydrogen) atoms. The fraction of sp³-hybridized carbons (Fsp3) is 0.133. The highest BCUT2D eigenvalue weighted by Crippen LogP contribution is 2.12. The molecule has 0 radical (unpaired) electrons. The number of nitro benzene ring substituents is 1. The van der Waals surface area contributed by atoms with Gasteiger partial charge in [-0.1, -0.05) is 12.1 Å². The summed E-state index contributed by atoms with van der Waals surface area (Å²) in [5.74, 6) is 0.456. The van der Waals surface area contributed by atoms with Crippen LogP contribution in [0, 0.1) is 21.6 Å². The van der Waals surface area contributed by atoms with Crippen LogP contribution in [0.4, 0.5) is 5.69 Å². The number of aromatic nitrogens is 1. The zero-order chi connectivity index (χ0) is 15.8. The van der Waals surface area contributed by atoms with Gasteiger partial charge < -0.3 is 0 Å². The number of hydrogen-bond acceptors (Lipinski definition) is 5. The van der Waals surface area contributed by atoms with Gasteiger partial charge in [0.05, 0.1) is 4.92 Å². The van der Waals surface area contributed by atoms with E-state index >= 15 is 0 Å². The van der Waals surface area contributed by atoms with Gasteiger partial charge in [-0.2, -0.15) is 5.26 Å². The molecule has 7 nitrogen and oxygen atoms in total. The Kier molecular flexibility index (Phi) is 5.15. The molecule has 0 bridgehead atoms. The summed E-state index contributed by atoms with van der Waals surface area (Å²) in [6, 6.07) is 9.91. The molecule has 0 amide bonds. The van der Waals surface area contributed by atoms with Crippen molar-refractivity contribution in [1.29, 1.82) is 5.26 Å². The minimum atomic E-state index is -0.431. The number of hydrogen-bond donors (Lipinski definition) is 1. The van der Waals surface area contributed by atoms with Gasteiger partial charge in [-0.15, -0.1) is 0 Å². The first-order valence-corrected chi connectivity index (χ1v) is 6.54. The van der Waals surface area contributed by atoms with Crippen LogP contribution in [-0.2, 0) is 6.42 Å². The molecule has 0 aliphatic heterocycles. The molecule has 0 aliphatic rings. The van der Waals surface area contributed by atoms with Crippen LogP contribution in [-0.4, -0.2) is 22.3 Å². The molecule has 1 N–H and O–H groups in total. The maximum atomic E-state index is 10.6. The van der Waals surface area contributed by atoms with E-state index in [0.29, 0.717) is 18.8 Å². The average Bonchev–Trinajstić information content (AvgIpc) is 2.55. The van der Waals surface area contributed by atoms with Crippen molar-refractivity contribution in [3.05, 3.63) is 70.0 Å². The molecule has 110 valence electrons. The van der Waals surface area contributed by atoms with Gasteiger partial charge in [-0.3, -0.25) is 25.4 Å². The third kappa shape index (κ3) is 4.11. The second-order valence-electron chi connectivity index (χ2n) is 4.38. The summed E-state index contributed by atoms with van der Waals surface area (Å²) in [5.41, 5.74) is 1.74. The zero-order valence-corrected chi connectivity index (χ0v) is 11.6. The highest BCUT2D eigenvalue weighted by Gasteiger charge is 2.04. The van der Waals surface area contributed by atoms with Crippen LogP contribution in [0.3, 0.4) is 0 Å². The lowest BCUT2D eigenvalue weighted by molar-refractivity contribution is -0.384. The van der Waals surface area contributed by atoms with Crippen molar-refractivity contribution in [3.8, 4) is 6.19 Å². The smallest absolute Gasteiger partial charge is 0.269 e. The Morgan fingerprint density at radius 3 is 2.73 bits per heavy atom. The topological polar surface area (TPSA) is 104 Å². The van der Waals surface area contributed by atoms with Crippen molar-refractivity contribution in [1.82, 2.24) is 10.3 Å². The van der Waals surface area contributed by atoms with E-state index in [2.05, 4.69) is 15.3 Å². The molecule has 2 rings (SSSR count). The summed E-state index contributed by atoms with van der Waals surface area (Å²) >= 11 is 0. The van der Waals surface area contributed by atoms with Crippen LogP contribution in [0.25, 0.3) is 0 Å². The lowest BCUT2D eigenvalue weighted by Crippen LogP contribution is -2.20. The second kappa shape index (κ2) is 7.50. The fourth-order valence-corrected chi connectivity index (χ4v) is 1.84. The first-order chi connectivity index (χ1) is 10.7. The predicted molar refractivity (Wildman–Crippen MR) is 81.2 cm³/mol. The molecule has 0 spiro atoms. The van der Waals surface area contributed by atoms with Gasteiger partial charge in [0.1, 0.15) is 5.84 Å². The van der Waals surface area contributed by atoms with Crippen molar-refractivity contribution in [3.63, 3.8) is 0 Å². The second-order valence-corrected chi connectivity index (χ2v) is 4.38. The third-order valence-electron chi connectivity index (χ3n) is 2.93. The number of nitrogens with one attached hydrogen (secondary N) is 1. The first kappa shape index (κ1) is 15.1. The number of rotatable bonds is 5. The Labute approximate surface area is 127 Å². The van der Waals surface area contributed by atoms with E-state index in [9.17, 15) is 10.1 Å². The highest BCUT2D eigenvalue weighted by atomic mass is 16.6. The van der Waals surface area contributed by atoms with E-state index in [1.807, 2.05) is 12.3 Å². The van der Waals surface area contributed by atoms with Crippen molar-refractivity contribution in [2.45, 2.75) is 6.42 Å². The van der Waals surface area contributed by atoms with E-state index in [-0.39, 0.29) is 5.69 Å². The van der Waals surface area contributed by atoms with E-state index in [1.165, 1.54) is 12.1 Å². The molecule has 7 heteroatoms. The van der Waals surface area contributed by atoms with Crippen LogP contribution in [0.15, 0.2) is 53.8 Å². The maximum Gasteiger partial charge on any atom is 0.269 e. The highest BCUT2D eigenvalue weighted by molar-refractivity contribution is 5.99. The molecule has 1 heterocycles. The normalized spacial score (nSPS) is 10.8. The number of nitriles is 1. The van der Waals surface area contributed by atoms with Gasteiger partial charge in [0, 0.05) is 36.6 Å². The predicted octanol–water partition coefficient (Wildman–Crippen LogP) is 2.05. The molecule has 0 fully saturated rings. The summed E-state index contributed by atoms with van der Waals surface area (Å²) < 4.78 is 0. The van der Waals surface area contributed by atoms with Crippen molar-refractivity contribution < 1.29 is 4.92 Å². The van der Waals surface area contributed by atoms with E-state index < -0.39 is 4.92 Å². The van der Waals surface area contributed by atoms with Crippen LogP contribution < -0.4 is 5.32 Å². The molecule has 1 aromatic heterocycles. The Morgan fingerprint density at radius 1 is 1.36 bits per heavy atom. The van der Waals surface area contributed by atoms with Crippen LogP contribution in [0.1, 0.15) is 11.1 Å². The van der Waals surface area contributed by atoms with Gasteiger partial charge in [0.15, 0.2) is 6.19 Å². The fourth-order valence-electron chi connectivity index (χ4n) is 1.84. The SMILES string of the molecule is N#CNC(=NCCc1ccc([N+](=O)[O-])cc1)c1cccnc1. The monoisotopic (exact) mass is 295 g/mol. The average molecular weight is 295 g/mol. The van der Waals surface area contributed by atoms with Crippen LogP contribution >= 0.6 is 0 Å². The van der Waals surface area contributed by atoms with Crippen molar-refractivity contribution in [2.24, 2.45) is 4.99 Å². The summed E-state index contributed by atoms with van der Waals surface area (Å²) in [6.07, 6.45) is 5.73. The van der Waals surface area contributed by atoms with Crippen LogP contribution in [0.5, 0.6) is 0 Å². The lowest BCUT2D eigenvalue weighted by Gasteiger charge is -2.04. The molecule has 0 saturated carbocycles. The van der Waals surface area contributed by atoms with E-state index in [0.717, 1.165) is 11.1 Å². The third-order valence-corrected chi connectivity index (χ3v) is 2.93. The van der Waals surface area contributed by atoms with Crippen LogP contribution in [0.2, 0.25) is 0 Å². The minimum Gasteiger partial charge on any atom is -0.277 e. The summed E-state index contributed by atoms with van der Waals surface area (Å²) in [5, 5.41) is 21.9. The molecule has 0 atom stereocenters. The van der Waals surface area contributed by atoms with Gasteiger partial charge in [0.25, 0.3) is 5.69 Å². The Morgan fingerprint density at radius 2 is 2.14 bits per heavy atom. The number of nitrogens with zero attached hydrogens (tertiary/aromatic N) is 4. The summed E-state index contributed by atoms with van der Waals surface area (Å²) in [6.45, 7) is 0.455. The molecular weight excluding hydrogens is 282 g/mol. The number of non-ortho nitro benzene ring substituents is 1. The molecule has 0 unspecified atom stereocenters. The minimum absolute atomic E-state index is 0.0643. The summed E-state index contributed by atoms with van der Waals surface area (Å²) in [4.78, 5) is 18.5. The molecule has 2 aromatic rings.